The van der Waals surface area contributed by atoms with E-state index in [-0.39, 0.29) is 16.2 Å². The lowest BCUT2D eigenvalue weighted by Gasteiger charge is -2.23. The van der Waals surface area contributed by atoms with Gasteiger partial charge in [-0.1, -0.05) is 88.3 Å². The highest BCUT2D eigenvalue weighted by Crippen LogP contribution is 2.50. The lowest BCUT2D eigenvalue weighted by atomic mass is 9.82. The summed E-state index contributed by atoms with van der Waals surface area (Å²) >= 11 is 0. The molecule has 0 bridgehead atoms. The van der Waals surface area contributed by atoms with Gasteiger partial charge in [-0.25, -0.2) is 9.97 Å². The number of hydrogen-bond acceptors (Lipinski definition) is 2. The van der Waals surface area contributed by atoms with Crippen molar-refractivity contribution in [1.82, 2.24) is 14.4 Å². The largest absolute Gasteiger partial charge is 0.279 e. The van der Waals surface area contributed by atoms with Crippen molar-refractivity contribution in [3.05, 3.63) is 52.8 Å². The second-order valence-corrected chi connectivity index (χ2v) is 12.2. The fraction of sp³-hybridized carbons (Fsp3) is 0.533. The van der Waals surface area contributed by atoms with Crippen LogP contribution in [0.4, 0.5) is 0 Å². The molecular formula is C30H41N3. The maximum atomic E-state index is 5.27. The molecule has 0 amide bonds. The summed E-state index contributed by atoms with van der Waals surface area (Å²) in [6.45, 7) is 24.8. The minimum Gasteiger partial charge on any atom is -0.279 e. The Hall–Kier alpha value is -2.42. The van der Waals surface area contributed by atoms with E-state index in [0.29, 0.717) is 5.92 Å². The van der Waals surface area contributed by atoms with Crippen LogP contribution < -0.4 is 0 Å². The molecule has 5 rings (SSSR count). The zero-order chi connectivity index (χ0) is 24.5. The van der Waals surface area contributed by atoms with Crippen molar-refractivity contribution >= 4 is 27.6 Å². The van der Waals surface area contributed by atoms with Crippen molar-refractivity contribution in [3.8, 4) is 0 Å². The second-order valence-electron chi connectivity index (χ2n) is 12.2. The highest BCUT2D eigenvalue weighted by molar-refractivity contribution is 5.99. The van der Waals surface area contributed by atoms with Crippen LogP contribution in [0.15, 0.2) is 30.3 Å². The molecule has 176 valence electrons. The summed E-state index contributed by atoms with van der Waals surface area (Å²) in [7, 11) is 0. The molecule has 2 aromatic carbocycles. The van der Waals surface area contributed by atoms with Crippen LogP contribution in [-0.2, 0) is 16.2 Å². The minimum absolute atomic E-state index is 0.0955. The van der Waals surface area contributed by atoms with Crippen LogP contribution in [0.1, 0.15) is 111 Å². The van der Waals surface area contributed by atoms with Gasteiger partial charge < -0.3 is 0 Å². The molecule has 2 aromatic heterocycles. The van der Waals surface area contributed by atoms with Gasteiger partial charge in [-0.2, -0.15) is 0 Å². The molecule has 33 heavy (non-hydrogen) atoms. The maximum Gasteiger partial charge on any atom is 0.149 e. The quantitative estimate of drug-likeness (QED) is 0.295. The molecule has 0 N–H and O–H groups in total. The summed E-state index contributed by atoms with van der Waals surface area (Å²) in [5.41, 5.74) is 8.84. The number of aromatic nitrogens is 3. The van der Waals surface area contributed by atoms with E-state index in [1.165, 1.54) is 27.6 Å². The fourth-order valence-corrected chi connectivity index (χ4v) is 5.96. The van der Waals surface area contributed by atoms with Crippen molar-refractivity contribution in [3.63, 3.8) is 0 Å². The third-order valence-corrected chi connectivity index (χ3v) is 7.17. The number of fused-ring (bicyclic) bond motifs is 6. The van der Waals surface area contributed by atoms with Crippen LogP contribution in [0.25, 0.3) is 27.6 Å². The Balaban J connectivity index is 0.00000126. The Morgan fingerprint density at radius 3 is 2.06 bits per heavy atom. The van der Waals surface area contributed by atoms with Gasteiger partial charge in [0.1, 0.15) is 11.5 Å². The van der Waals surface area contributed by atoms with Crippen LogP contribution >= 0.6 is 0 Å². The normalized spacial score (nSPS) is 17.0. The van der Waals surface area contributed by atoms with Crippen LogP contribution in [0, 0.1) is 0 Å². The van der Waals surface area contributed by atoms with E-state index in [9.17, 15) is 0 Å². The first-order chi connectivity index (χ1) is 15.3. The number of hydrogen-bond donors (Lipinski definition) is 0. The Morgan fingerprint density at radius 2 is 1.48 bits per heavy atom. The van der Waals surface area contributed by atoms with E-state index in [1.54, 1.807) is 0 Å². The topological polar surface area (TPSA) is 30.2 Å². The lowest BCUT2D eigenvalue weighted by Crippen LogP contribution is -2.19. The zero-order valence-corrected chi connectivity index (χ0v) is 22.5. The average molecular weight is 444 g/mol. The first-order valence-electron chi connectivity index (χ1n) is 12.6. The number of imidazole rings is 1. The predicted molar refractivity (Wildman–Crippen MR) is 143 cm³/mol. The molecule has 0 fully saturated rings. The van der Waals surface area contributed by atoms with Gasteiger partial charge in [0, 0.05) is 10.8 Å². The molecule has 0 unspecified atom stereocenters. The molecule has 1 aliphatic rings. The van der Waals surface area contributed by atoms with Crippen molar-refractivity contribution in [1.29, 1.82) is 0 Å². The summed E-state index contributed by atoms with van der Waals surface area (Å²) in [6, 6.07) is 11.3. The van der Waals surface area contributed by atoms with Crippen molar-refractivity contribution < 1.29 is 0 Å². The molecule has 0 spiro atoms. The van der Waals surface area contributed by atoms with Gasteiger partial charge in [-0.05, 0) is 58.1 Å². The zero-order valence-electron chi connectivity index (χ0n) is 22.5. The Kier molecular flexibility index (Phi) is 5.43. The summed E-state index contributed by atoms with van der Waals surface area (Å²) in [5, 5.41) is 1.19. The van der Waals surface area contributed by atoms with Crippen LogP contribution in [0.5, 0.6) is 0 Å². The molecule has 0 saturated heterocycles. The minimum atomic E-state index is -0.0955. The third kappa shape index (κ3) is 3.55. The molecule has 0 atom stereocenters. The van der Waals surface area contributed by atoms with Gasteiger partial charge in [0.05, 0.1) is 16.6 Å². The highest BCUT2D eigenvalue weighted by atomic mass is 15.1. The molecule has 3 nitrogen and oxygen atoms in total. The van der Waals surface area contributed by atoms with Crippen molar-refractivity contribution in [2.24, 2.45) is 0 Å². The summed E-state index contributed by atoms with van der Waals surface area (Å²) in [5.74, 6) is 1.49. The fourth-order valence-electron chi connectivity index (χ4n) is 5.96. The van der Waals surface area contributed by atoms with Crippen LogP contribution in [0.2, 0.25) is 0 Å². The molecule has 0 aliphatic heterocycles. The van der Waals surface area contributed by atoms with E-state index < -0.39 is 0 Å². The van der Waals surface area contributed by atoms with Gasteiger partial charge in [0.25, 0.3) is 0 Å². The Morgan fingerprint density at radius 1 is 0.879 bits per heavy atom. The van der Waals surface area contributed by atoms with Gasteiger partial charge in [-0.15, -0.1) is 0 Å². The SMILES string of the molecule is CC.CC(C)c1cccc2nc(C(C)(C)C)n3c4cc5c(cc4nc3c12)C(C)(C)CC5(C)C. The third-order valence-electron chi connectivity index (χ3n) is 7.17. The monoisotopic (exact) mass is 443 g/mol. The van der Waals surface area contributed by atoms with Crippen LogP contribution in [0.3, 0.4) is 0 Å². The molecular weight excluding hydrogens is 402 g/mol. The van der Waals surface area contributed by atoms with E-state index in [0.717, 1.165) is 28.9 Å². The standard InChI is InChI=1S/C28H35N3.C2H6/c1-16(2)17-11-10-12-20-23(17)24-29-21-13-18-19(28(8,9)15-27(18,6)7)14-22(21)31(24)25(30-20)26(3,4)5;1-2/h10-14,16H,15H2,1-9H3;1-2H3. The molecule has 0 radical (unpaired) electrons. The smallest absolute Gasteiger partial charge is 0.149 e. The Bertz CT molecular complexity index is 1360. The Labute approximate surface area is 199 Å². The van der Waals surface area contributed by atoms with Gasteiger partial charge in [0.2, 0.25) is 0 Å². The summed E-state index contributed by atoms with van der Waals surface area (Å²) in [6.07, 6.45) is 1.16. The van der Waals surface area contributed by atoms with E-state index in [1.807, 2.05) is 13.8 Å². The van der Waals surface area contributed by atoms with E-state index in [4.69, 9.17) is 9.97 Å². The summed E-state index contributed by atoms with van der Waals surface area (Å²) in [4.78, 5) is 10.5. The summed E-state index contributed by atoms with van der Waals surface area (Å²) < 4.78 is 2.35. The van der Waals surface area contributed by atoms with E-state index >= 15 is 0 Å². The lowest BCUT2D eigenvalue weighted by molar-refractivity contribution is 0.403. The molecule has 1 aliphatic carbocycles. The van der Waals surface area contributed by atoms with Gasteiger partial charge >= 0.3 is 0 Å². The number of rotatable bonds is 1. The second kappa shape index (κ2) is 7.55. The number of benzene rings is 2. The number of nitrogens with zero attached hydrogens (tertiary/aromatic N) is 3. The first kappa shape index (κ1) is 23.7. The van der Waals surface area contributed by atoms with Crippen molar-refractivity contribution in [2.45, 2.75) is 105 Å². The first-order valence-corrected chi connectivity index (χ1v) is 12.6. The maximum absolute atomic E-state index is 5.27. The molecule has 3 heteroatoms. The van der Waals surface area contributed by atoms with Gasteiger partial charge in [-0.3, -0.25) is 4.40 Å². The van der Waals surface area contributed by atoms with Crippen LogP contribution in [-0.4, -0.2) is 14.4 Å². The van der Waals surface area contributed by atoms with Crippen molar-refractivity contribution in [2.75, 3.05) is 0 Å². The highest BCUT2D eigenvalue weighted by Gasteiger charge is 2.42. The molecule has 0 saturated carbocycles. The predicted octanol–water partition coefficient (Wildman–Crippen LogP) is 8.44. The van der Waals surface area contributed by atoms with E-state index in [2.05, 4.69) is 97.0 Å². The average Bonchev–Trinajstić information content (AvgIpc) is 3.18. The van der Waals surface area contributed by atoms with Gasteiger partial charge in [0.15, 0.2) is 0 Å². The molecule has 2 heterocycles. The molecule has 4 aromatic rings.